The maximum absolute atomic E-state index is 13.1. The van der Waals surface area contributed by atoms with E-state index in [1.165, 1.54) is 16.2 Å². The number of rotatable bonds is 5. The van der Waals surface area contributed by atoms with Gasteiger partial charge in [-0.15, -0.1) is 6.58 Å². The smallest absolute Gasteiger partial charge is 0.336 e. The molecule has 1 fully saturated rings. The van der Waals surface area contributed by atoms with E-state index in [2.05, 4.69) is 22.5 Å². The van der Waals surface area contributed by atoms with E-state index in [9.17, 15) is 18.3 Å². The monoisotopic (exact) mass is 397 g/mol. The lowest BCUT2D eigenvalue weighted by Gasteiger charge is -2.16. The van der Waals surface area contributed by atoms with Crippen LogP contribution in [0.5, 0.6) is 0 Å². The summed E-state index contributed by atoms with van der Waals surface area (Å²) in [5, 5.41) is 9.86. The van der Waals surface area contributed by atoms with Gasteiger partial charge in [-0.1, -0.05) is 22.0 Å². The van der Waals surface area contributed by atoms with Crippen LogP contribution in [0.4, 0.5) is 0 Å². The second-order valence-electron chi connectivity index (χ2n) is 5.94. The fourth-order valence-electron chi connectivity index (χ4n) is 3.04. The third-order valence-electron chi connectivity index (χ3n) is 4.39. The van der Waals surface area contributed by atoms with Crippen molar-refractivity contribution in [3.8, 4) is 0 Å². The van der Waals surface area contributed by atoms with Crippen molar-refractivity contribution in [3.05, 3.63) is 46.6 Å². The van der Waals surface area contributed by atoms with Crippen LogP contribution in [0.2, 0.25) is 0 Å². The van der Waals surface area contributed by atoms with Gasteiger partial charge in [-0.2, -0.15) is 0 Å². The Morgan fingerprint density at radius 3 is 2.65 bits per heavy atom. The van der Waals surface area contributed by atoms with Crippen LogP contribution in [0.25, 0.3) is 10.9 Å². The Labute approximate surface area is 142 Å². The number of hydrogen-bond acceptors (Lipinski definition) is 3. The van der Waals surface area contributed by atoms with Crippen LogP contribution in [-0.2, 0) is 10.0 Å². The SMILES string of the molecule is C=CCC1(S(=O)(=O)n2cc(C)c3c(C(=O)O)cc(Br)cc32)CC1. The summed E-state index contributed by atoms with van der Waals surface area (Å²) in [7, 11) is -3.62. The van der Waals surface area contributed by atoms with E-state index in [4.69, 9.17) is 0 Å². The second kappa shape index (κ2) is 5.21. The Bertz CT molecular complexity index is 939. The number of hydrogen-bond donors (Lipinski definition) is 1. The first-order valence-electron chi connectivity index (χ1n) is 7.14. The third kappa shape index (κ3) is 2.33. The molecular weight excluding hydrogens is 382 g/mol. The van der Waals surface area contributed by atoms with Crippen LogP contribution in [0.15, 0.2) is 35.5 Å². The van der Waals surface area contributed by atoms with E-state index in [-0.39, 0.29) is 5.56 Å². The Balaban J connectivity index is 2.32. The first kappa shape index (κ1) is 16.3. The number of fused-ring (bicyclic) bond motifs is 1. The highest BCUT2D eigenvalue weighted by Crippen LogP contribution is 2.48. The summed E-state index contributed by atoms with van der Waals surface area (Å²) >= 11 is 3.27. The van der Waals surface area contributed by atoms with E-state index in [0.717, 1.165) is 0 Å². The van der Waals surface area contributed by atoms with Crippen molar-refractivity contribution >= 4 is 42.8 Å². The molecule has 1 N–H and O–H groups in total. The standard InChI is InChI=1S/C16H16BrNO4S/c1-3-4-16(5-6-16)23(21,22)18-9-10(2)14-12(15(19)20)7-11(17)8-13(14)18/h3,7-9H,1,4-6H2,2H3,(H,19,20). The number of benzene rings is 1. The Hall–Kier alpha value is -1.60. The van der Waals surface area contributed by atoms with Crippen LogP contribution in [0, 0.1) is 6.92 Å². The average Bonchev–Trinajstić information content (AvgIpc) is 3.18. The van der Waals surface area contributed by atoms with Gasteiger partial charge < -0.3 is 5.11 Å². The minimum absolute atomic E-state index is 0.0920. The number of nitrogens with zero attached hydrogens (tertiary/aromatic N) is 1. The quantitative estimate of drug-likeness (QED) is 0.780. The molecule has 0 atom stereocenters. The number of carboxylic acids is 1. The molecular formula is C16H16BrNO4S. The van der Waals surface area contributed by atoms with E-state index >= 15 is 0 Å². The summed E-state index contributed by atoms with van der Waals surface area (Å²) in [6, 6.07) is 3.14. The van der Waals surface area contributed by atoms with Gasteiger partial charge in [-0.05, 0) is 43.9 Å². The van der Waals surface area contributed by atoms with Gasteiger partial charge in [0.05, 0.1) is 15.8 Å². The first-order chi connectivity index (χ1) is 10.7. The van der Waals surface area contributed by atoms with E-state index in [0.29, 0.717) is 40.2 Å². The molecule has 0 unspecified atom stereocenters. The number of carbonyl (C=O) groups is 1. The Morgan fingerprint density at radius 2 is 2.13 bits per heavy atom. The zero-order chi connectivity index (χ0) is 17.0. The minimum Gasteiger partial charge on any atom is -0.478 e. The molecule has 1 aliphatic carbocycles. The van der Waals surface area contributed by atoms with Gasteiger partial charge in [0, 0.05) is 16.1 Å². The summed E-state index contributed by atoms with van der Waals surface area (Å²) < 4.78 is 27.1. The highest BCUT2D eigenvalue weighted by molar-refractivity contribution is 9.10. The van der Waals surface area contributed by atoms with Crippen molar-refractivity contribution in [1.29, 1.82) is 0 Å². The molecule has 5 nitrogen and oxygen atoms in total. The molecule has 1 saturated carbocycles. The maximum Gasteiger partial charge on any atom is 0.336 e. The van der Waals surface area contributed by atoms with E-state index in [1.807, 2.05) is 0 Å². The van der Waals surface area contributed by atoms with E-state index < -0.39 is 20.7 Å². The van der Waals surface area contributed by atoms with Crippen LogP contribution in [-0.4, -0.2) is 28.2 Å². The van der Waals surface area contributed by atoms with Gasteiger partial charge >= 0.3 is 5.97 Å². The molecule has 0 aliphatic heterocycles. The molecule has 0 saturated heterocycles. The molecule has 7 heteroatoms. The molecule has 1 aromatic heterocycles. The number of halogens is 1. The number of allylic oxidation sites excluding steroid dienone is 1. The van der Waals surface area contributed by atoms with Gasteiger partial charge in [0.1, 0.15) is 0 Å². The predicted molar refractivity (Wildman–Crippen MR) is 92.4 cm³/mol. The topological polar surface area (TPSA) is 76.4 Å². The fraction of sp³-hybridized carbons (Fsp3) is 0.312. The lowest BCUT2D eigenvalue weighted by molar-refractivity contribution is 0.0699. The maximum atomic E-state index is 13.1. The molecule has 0 spiro atoms. The Kier molecular flexibility index (Phi) is 3.68. The van der Waals surface area contributed by atoms with Crippen molar-refractivity contribution in [1.82, 2.24) is 3.97 Å². The zero-order valence-electron chi connectivity index (χ0n) is 12.5. The summed E-state index contributed by atoms with van der Waals surface area (Å²) in [6.07, 6.45) is 4.73. The molecule has 1 aromatic carbocycles. The number of aromatic nitrogens is 1. The van der Waals surface area contributed by atoms with Crippen molar-refractivity contribution < 1.29 is 18.3 Å². The van der Waals surface area contributed by atoms with Crippen LogP contribution >= 0.6 is 15.9 Å². The second-order valence-corrected chi connectivity index (χ2v) is 9.07. The predicted octanol–water partition coefficient (Wildman–Crippen LogP) is 3.70. The normalized spacial score (nSPS) is 16.4. The molecule has 122 valence electrons. The zero-order valence-corrected chi connectivity index (χ0v) is 14.9. The van der Waals surface area contributed by atoms with Crippen molar-refractivity contribution in [3.63, 3.8) is 0 Å². The largest absolute Gasteiger partial charge is 0.478 e. The molecule has 0 bridgehead atoms. The average molecular weight is 398 g/mol. The van der Waals surface area contributed by atoms with Crippen molar-refractivity contribution in [2.75, 3.05) is 0 Å². The third-order valence-corrected chi connectivity index (χ3v) is 7.33. The molecule has 23 heavy (non-hydrogen) atoms. The summed E-state index contributed by atoms with van der Waals surface area (Å²) in [5.74, 6) is -1.08. The highest BCUT2D eigenvalue weighted by Gasteiger charge is 2.54. The molecule has 1 aliphatic rings. The summed E-state index contributed by atoms with van der Waals surface area (Å²) in [4.78, 5) is 11.5. The highest BCUT2D eigenvalue weighted by atomic mass is 79.9. The molecule has 1 heterocycles. The molecule has 2 aromatic rings. The van der Waals surface area contributed by atoms with Crippen molar-refractivity contribution in [2.24, 2.45) is 0 Å². The van der Waals surface area contributed by atoms with Gasteiger partial charge in [-0.3, -0.25) is 0 Å². The van der Waals surface area contributed by atoms with Crippen LogP contribution in [0.1, 0.15) is 35.2 Å². The Morgan fingerprint density at radius 1 is 1.48 bits per heavy atom. The lowest BCUT2D eigenvalue weighted by atomic mass is 10.1. The summed E-state index contributed by atoms with van der Waals surface area (Å²) in [5.41, 5.74) is 1.11. The van der Waals surface area contributed by atoms with Crippen molar-refractivity contribution in [2.45, 2.75) is 30.9 Å². The summed E-state index contributed by atoms with van der Waals surface area (Å²) in [6.45, 7) is 5.38. The van der Waals surface area contributed by atoms with Crippen LogP contribution < -0.4 is 0 Å². The fourth-order valence-corrected chi connectivity index (χ4v) is 5.55. The molecule has 0 amide bonds. The van der Waals surface area contributed by atoms with Gasteiger partial charge in [-0.25, -0.2) is 17.2 Å². The molecule has 0 radical (unpaired) electrons. The van der Waals surface area contributed by atoms with E-state index in [1.54, 1.807) is 19.1 Å². The van der Waals surface area contributed by atoms with Crippen LogP contribution in [0.3, 0.4) is 0 Å². The first-order valence-corrected chi connectivity index (χ1v) is 9.37. The van der Waals surface area contributed by atoms with Gasteiger partial charge in [0.25, 0.3) is 0 Å². The lowest BCUT2D eigenvalue weighted by Crippen LogP contribution is -2.28. The number of aryl methyl sites for hydroxylation is 1. The van der Waals surface area contributed by atoms with Gasteiger partial charge in [0.2, 0.25) is 10.0 Å². The minimum atomic E-state index is -3.62. The number of carboxylic acid groups (broad SMARTS) is 1. The van der Waals surface area contributed by atoms with Gasteiger partial charge in [0.15, 0.2) is 0 Å². The molecule has 3 rings (SSSR count). The number of aromatic carboxylic acids is 1.